The van der Waals surface area contributed by atoms with E-state index in [4.69, 9.17) is 24.1 Å². The Kier molecular flexibility index (Phi) is 9.22. The summed E-state index contributed by atoms with van der Waals surface area (Å²) >= 11 is 0. The van der Waals surface area contributed by atoms with Crippen molar-refractivity contribution in [3.63, 3.8) is 0 Å². The Morgan fingerprint density at radius 1 is 1.41 bits per heavy atom. The third-order valence-electron chi connectivity index (χ3n) is 5.18. The van der Waals surface area contributed by atoms with Gasteiger partial charge in [0.05, 0.1) is 25.4 Å². The molecule has 180 valence electrons. The lowest BCUT2D eigenvalue weighted by atomic mass is 9.89. The number of likely N-dealkylation sites (tertiary alicyclic amines) is 1. The highest BCUT2D eigenvalue weighted by Gasteiger charge is 2.44. The Balaban J connectivity index is 0.000000451. The average Bonchev–Trinajstić information content (AvgIpc) is 3.14. The van der Waals surface area contributed by atoms with Gasteiger partial charge in [-0.1, -0.05) is 6.07 Å². The summed E-state index contributed by atoms with van der Waals surface area (Å²) in [7, 11) is 3.24. The monoisotopic (exact) mass is 463 g/mol. The van der Waals surface area contributed by atoms with E-state index in [1.165, 1.54) is 5.56 Å². The number of piperidine rings is 1. The summed E-state index contributed by atoms with van der Waals surface area (Å²) in [6.45, 7) is 3.46. The number of aliphatic carboxylic acids is 1. The first kappa shape index (κ1) is 25.8. The van der Waals surface area contributed by atoms with Gasteiger partial charge in [-0.05, 0) is 24.9 Å². The Hall–Kier alpha value is -2.44. The molecule has 3 rings (SSSR count). The van der Waals surface area contributed by atoms with Gasteiger partial charge in [-0.3, -0.25) is 9.69 Å². The number of carbonyl (C=O) groups is 2. The van der Waals surface area contributed by atoms with Gasteiger partial charge in [0.1, 0.15) is 6.61 Å². The predicted molar refractivity (Wildman–Crippen MR) is 106 cm³/mol. The summed E-state index contributed by atoms with van der Waals surface area (Å²) in [5.74, 6) is -2.22. The van der Waals surface area contributed by atoms with Crippen LogP contribution in [0.25, 0.3) is 0 Å². The Bertz CT molecular complexity index is 762. The molecule has 1 spiro atoms. The van der Waals surface area contributed by atoms with Crippen LogP contribution in [0.3, 0.4) is 0 Å². The summed E-state index contributed by atoms with van der Waals surface area (Å²) in [6, 6.07) is 3.95. The molecular weight excluding hydrogens is 435 g/mol. The van der Waals surface area contributed by atoms with E-state index in [9.17, 15) is 18.0 Å². The minimum absolute atomic E-state index is 0.0000897. The number of methoxy groups -OCH3 is 1. The first-order valence-electron chi connectivity index (χ1n) is 10.0. The maximum atomic E-state index is 11.3. The van der Waals surface area contributed by atoms with Crippen molar-refractivity contribution >= 4 is 11.9 Å². The number of ether oxygens (including phenoxy) is 3. The quantitative estimate of drug-likeness (QED) is 0.655. The summed E-state index contributed by atoms with van der Waals surface area (Å²) in [5.41, 5.74) is 1.02. The average molecular weight is 463 g/mol. The van der Waals surface area contributed by atoms with E-state index < -0.39 is 12.1 Å². The molecule has 2 unspecified atom stereocenters. The second kappa shape index (κ2) is 11.4. The summed E-state index contributed by atoms with van der Waals surface area (Å²) in [5, 5.41) is 9.70. The molecule has 3 heterocycles. The van der Waals surface area contributed by atoms with E-state index in [0.29, 0.717) is 12.5 Å². The molecule has 12 heteroatoms. The number of pyridine rings is 1. The lowest BCUT2D eigenvalue weighted by molar-refractivity contribution is -0.192. The van der Waals surface area contributed by atoms with Gasteiger partial charge >= 0.3 is 12.1 Å². The molecule has 32 heavy (non-hydrogen) atoms. The normalized spacial score (nSPS) is 23.3. The van der Waals surface area contributed by atoms with Crippen molar-refractivity contribution in [1.82, 2.24) is 15.2 Å². The number of likely N-dealkylation sites (N-methyl/N-ethyl adjacent to an activating group) is 1. The van der Waals surface area contributed by atoms with E-state index in [1.807, 2.05) is 12.3 Å². The number of nitrogens with zero attached hydrogens (tertiary/aromatic N) is 2. The van der Waals surface area contributed by atoms with E-state index in [2.05, 4.69) is 21.3 Å². The maximum absolute atomic E-state index is 11.3. The Morgan fingerprint density at radius 2 is 2.12 bits per heavy atom. The van der Waals surface area contributed by atoms with Gasteiger partial charge < -0.3 is 24.6 Å². The molecule has 1 aromatic rings. The van der Waals surface area contributed by atoms with E-state index in [-0.39, 0.29) is 24.2 Å². The zero-order valence-corrected chi connectivity index (χ0v) is 18.0. The van der Waals surface area contributed by atoms with Crippen LogP contribution in [-0.4, -0.2) is 85.2 Å². The van der Waals surface area contributed by atoms with Gasteiger partial charge in [-0.2, -0.15) is 13.2 Å². The van der Waals surface area contributed by atoms with Crippen molar-refractivity contribution < 1.29 is 42.1 Å². The lowest BCUT2D eigenvalue weighted by Crippen LogP contribution is -2.47. The van der Waals surface area contributed by atoms with Gasteiger partial charge in [-0.25, -0.2) is 9.78 Å². The van der Waals surface area contributed by atoms with Crippen LogP contribution in [0.5, 0.6) is 5.88 Å². The largest absolute Gasteiger partial charge is 0.490 e. The molecule has 2 aliphatic heterocycles. The van der Waals surface area contributed by atoms with Crippen molar-refractivity contribution in [2.24, 2.45) is 0 Å². The Morgan fingerprint density at radius 3 is 2.69 bits per heavy atom. The van der Waals surface area contributed by atoms with Crippen molar-refractivity contribution in [2.75, 3.05) is 40.5 Å². The standard InChI is InChI=1S/C18H27N3O4.C2HF3O2/c1-19-16(22)12-24-15-8-18(25-11-15)6-3-7-21(13-18)10-14-4-5-17(23-2)20-9-14;3-2(4,5)1(6)7/h4-5,9,15H,3,6-8,10-13H2,1-2H3,(H,19,22);(H,6,7). The van der Waals surface area contributed by atoms with Crippen LogP contribution in [0, 0.1) is 0 Å². The minimum atomic E-state index is -5.08. The molecule has 0 aromatic carbocycles. The predicted octanol–water partition coefficient (Wildman–Crippen LogP) is 1.61. The lowest BCUT2D eigenvalue weighted by Gasteiger charge is -2.39. The molecule has 0 aliphatic carbocycles. The summed E-state index contributed by atoms with van der Waals surface area (Å²) < 4.78 is 48.7. The number of alkyl halides is 3. The fourth-order valence-electron chi connectivity index (χ4n) is 3.67. The number of carboxylic acids is 1. The molecule has 0 bridgehead atoms. The highest BCUT2D eigenvalue weighted by molar-refractivity contribution is 5.76. The van der Waals surface area contributed by atoms with E-state index in [0.717, 1.165) is 38.9 Å². The Labute approximate surface area is 183 Å². The highest BCUT2D eigenvalue weighted by Crippen LogP contribution is 2.36. The smallest absolute Gasteiger partial charge is 0.481 e. The first-order chi connectivity index (χ1) is 15.1. The minimum Gasteiger partial charge on any atom is -0.481 e. The third-order valence-corrected chi connectivity index (χ3v) is 5.18. The number of halogens is 3. The number of carboxylic acid groups (broad SMARTS) is 1. The zero-order valence-electron chi connectivity index (χ0n) is 18.0. The van der Waals surface area contributed by atoms with Gasteiger partial charge in [0.25, 0.3) is 0 Å². The molecule has 1 amide bonds. The highest BCUT2D eigenvalue weighted by atomic mass is 19.4. The maximum Gasteiger partial charge on any atom is 0.490 e. The van der Waals surface area contributed by atoms with Crippen LogP contribution >= 0.6 is 0 Å². The molecule has 2 atom stereocenters. The molecule has 2 saturated heterocycles. The molecule has 1 aromatic heterocycles. The topological polar surface area (TPSA) is 110 Å². The number of amides is 1. The molecule has 2 aliphatic rings. The SMILES string of the molecule is CNC(=O)COC1COC2(CCCN(Cc3ccc(OC)nc3)C2)C1.O=C(O)C(F)(F)F. The first-order valence-corrected chi connectivity index (χ1v) is 10.0. The van der Waals surface area contributed by atoms with Crippen molar-refractivity contribution in [3.8, 4) is 5.88 Å². The molecular formula is C20H28F3N3O6. The molecule has 0 saturated carbocycles. The number of hydrogen-bond acceptors (Lipinski definition) is 7. The second-order valence-electron chi connectivity index (χ2n) is 7.63. The van der Waals surface area contributed by atoms with Crippen molar-refractivity contribution in [2.45, 2.75) is 43.7 Å². The van der Waals surface area contributed by atoms with Gasteiger partial charge in [-0.15, -0.1) is 0 Å². The number of nitrogens with one attached hydrogen (secondary N) is 1. The molecule has 9 nitrogen and oxygen atoms in total. The van der Waals surface area contributed by atoms with Crippen LogP contribution < -0.4 is 10.1 Å². The van der Waals surface area contributed by atoms with Crippen LogP contribution in [0.1, 0.15) is 24.8 Å². The fourth-order valence-corrected chi connectivity index (χ4v) is 3.67. The molecule has 2 N–H and O–H groups in total. The van der Waals surface area contributed by atoms with Gasteiger partial charge in [0, 0.05) is 38.8 Å². The number of hydrogen-bond donors (Lipinski definition) is 2. The number of carbonyl (C=O) groups excluding carboxylic acids is 1. The zero-order chi connectivity index (χ0) is 23.8. The van der Waals surface area contributed by atoms with Crippen molar-refractivity contribution in [1.29, 1.82) is 0 Å². The third kappa shape index (κ3) is 7.92. The number of rotatable bonds is 6. The van der Waals surface area contributed by atoms with E-state index >= 15 is 0 Å². The fraction of sp³-hybridized carbons (Fsp3) is 0.650. The van der Waals surface area contributed by atoms with Crippen molar-refractivity contribution in [3.05, 3.63) is 23.9 Å². The second-order valence-corrected chi connectivity index (χ2v) is 7.63. The van der Waals surface area contributed by atoms with E-state index in [1.54, 1.807) is 14.2 Å². The van der Waals surface area contributed by atoms with Crippen LogP contribution in [0.2, 0.25) is 0 Å². The van der Waals surface area contributed by atoms with Gasteiger partial charge in [0.15, 0.2) is 0 Å². The summed E-state index contributed by atoms with van der Waals surface area (Å²) in [6.07, 6.45) is -0.220. The molecule has 0 radical (unpaired) electrons. The van der Waals surface area contributed by atoms with Crippen LogP contribution in [0.15, 0.2) is 18.3 Å². The summed E-state index contributed by atoms with van der Waals surface area (Å²) in [4.78, 5) is 26.9. The van der Waals surface area contributed by atoms with Crippen LogP contribution in [0.4, 0.5) is 13.2 Å². The van der Waals surface area contributed by atoms with Crippen LogP contribution in [-0.2, 0) is 25.6 Å². The van der Waals surface area contributed by atoms with Gasteiger partial charge in [0.2, 0.25) is 11.8 Å². The number of aromatic nitrogens is 1. The molecule has 2 fully saturated rings.